The molecule has 0 atom stereocenters. The molecule has 1 fully saturated rings. The van der Waals surface area contributed by atoms with Gasteiger partial charge >= 0.3 is 5.97 Å². The molecule has 1 saturated heterocycles. The summed E-state index contributed by atoms with van der Waals surface area (Å²) < 4.78 is 13.6. The largest absolute Gasteiger partial charge is 0.496 e. The van der Waals surface area contributed by atoms with Gasteiger partial charge in [0.15, 0.2) is 0 Å². The highest BCUT2D eigenvalue weighted by Gasteiger charge is 2.28. The lowest BCUT2D eigenvalue weighted by molar-refractivity contribution is -0.123. The van der Waals surface area contributed by atoms with E-state index in [0.717, 1.165) is 47.0 Å². The predicted molar refractivity (Wildman–Crippen MR) is 110 cm³/mol. The smallest absolute Gasteiger partial charge is 0.340 e. The van der Waals surface area contributed by atoms with Crippen LogP contribution in [0.2, 0.25) is 0 Å². The lowest BCUT2D eigenvalue weighted by Crippen LogP contribution is -2.38. The van der Waals surface area contributed by atoms with E-state index in [9.17, 15) is 9.59 Å². The summed E-state index contributed by atoms with van der Waals surface area (Å²) in [5.74, 6) is 0.0406. The van der Waals surface area contributed by atoms with Gasteiger partial charge < -0.3 is 19.8 Å². The molecular formula is C20H26BrN3O4. The number of ether oxygens (including phenoxy) is 2. The number of likely N-dealkylation sites (tertiary alicyclic amines) is 1. The third-order valence-electron chi connectivity index (χ3n) is 5.44. The molecule has 0 bridgehead atoms. The molecule has 1 aliphatic rings. The summed E-state index contributed by atoms with van der Waals surface area (Å²) in [4.78, 5) is 26.5. The summed E-state index contributed by atoms with van der Waals surface area (Å²) in [7, 11) is 3.55. The SMILES string of the molecule is CCOC(=O)c1c(CN2CCC(C(N)=O)CC2)n(C)c2cc(Br)c(OC)cc12. The number of aromatic nitrogens is 1. The Morgan fingerprint density at radius 1 is 1.29 bits per heavy atom. The number of nitrogens with zero attached hydrogens (tertiary/aromatic N) is 2. The molecular weight excluding hydrogens is 426 g/mol. The van der Waals surface area contributed by atoms with Crippen LogP contribution in [0.5, 0.6) is 5.75 Å². The van der Waals surface area contributed by atoms with Crippen molar-refractivity contribution in [1.82, 2.24) is 9.47 Å². The number of primary amides is 1. The van der Waals surface area contributed by atoms with E-state index in [1.54, 1.807) is 14.0 Å². The molecule has 0 spiro atoms. The molecule has 2 N–H and O–H groups in total. The molecule has 28 heavy (non-hydrogen) atoms. The van der Waals surface area contributed by atoms with E-state index in [-0.39, 0.29) is 17.8 Å². The molecule has 2 aromatic rings. The lowest BCUT2D eigenvalue weighted by Gasteiger charge is -2.30. The van der Waals surface area contributed by atoms with E-state index in [4.69, 9.17) is 15.2 Å². The fraction of sp³-hybridized carbons (Fsp3) is 0.500. The Balaban J connectivity index is 2.00. The summed E-state index contributed by atoms with van der Waals surface area (Å²) >= 11 is 3.52. The van der Waals surface area contributed by atoms with Crippen molar-refractivity contribution in [2.24, 2.45) is 18.7 Å². The zero-order chi connectivity index (χ0) is 20.4. The zero-order valence-electron chi connectivity index (χ0n) is 16.5. The monoisotopic (exact) mass is 451 g/mol. The summed E-state index contributed by atoms with van der Waals surface area (Å²) in [5, 5.41) is 0.808. The van der Waals surface area contributed by atoms with Gasteiger partial charge in [0.25, 0.3) is 0 Å². The molecule has 0 saturated carbocycles. The van der Waals surface area contributed by atoms with Crippen molar-refractivity contribution in [3.05, 3.63) is 27.9 Å². The summed E-state index contributed by atoms with van der Waals surface area (Å²) in [6.45, 7) is 4.25. The number of fused-ring (bicyclic) bond motifs is 1. The average molecular weight is 452 g/mol. The highest BCUT2D eigenvalue weighted by atomic mass is 79.9. The number of carbonyl (C=O) groups is 2. The molecule has 1 aromatic heterocycles. The van der Waals surface area contributed by atoms with Crippen molar-refractivity contribution in [1.29, 1.82) is 0 Å². The highest BCUT2D eigenvalue weighted by Crippen LogP contribution is 2.35. The van der Waals surface area contributed by atoms with Crippen LogP contribution < -0.4 is 10.5 Å². The maximum Gasteiger partial charge on any atom is 0.340 e. The number of aryl methyl sites for hydroxylation is 1. The van der Waals surface area contributed by atoms with Gasteiger partial charge in [-0.2, -0.15) is 0 Å². The van der Waals surface area contributed by atoms with E-state index in [0.29, 0.717) is 24.5 Å². The quantitative estimate of drug-likeness (QED) is 0.682. The molecule has 0 radical (unpaired) electrons. The fourth-order valence-electron chi connectivity index (χ4n) is 3.85. The molecule has 0 aliphatic carbocycles. The molecule has 1 aromatic carbocycles. The van der Waals surface area contributed by atoms with Crippen molar-refractivity contribution in [3.63, 3.8) is 0 Å². The number of methoxy groups -OCH3 is 1. The number of amides is 1. The normalized spacial score (nSPS) is 15.7. The van der Waals surface area contributed by atoms with Crippen LogP contribution in [0.15, 0.2) is 16.6 Å². The maximum absolute atomic E-state index is 12.8. The van der Waals surface area contributed by atoms with Crippen molar-refractivity contribution in [2.45, 2.75) is 26.3 Å². The summed E-state index contributed by atoms with van der Waals surface area (Å²) in [6.07, 6.45) is 1.49. The number of carbonyl (C=O) groups excluding carboxylic acids is 2. The second kappa shape index (κ2) is 8.53. The standard InChI is InChI=1S/C20H26BrN3O4/c1-4-28-20(26)18-13-9-17(27-3)14(21)10-15(13)23(2)16(18)11-24-7-5-12(6-8-24)19(22)25/h9-10,12H,4-8,11H2,1-3H3,(H2,22,25). The molecule has 8 heteroatoms. The molecule has 2 heterocycles. The van der Waals surface area contributed by atoms with Crippen LogP contribution in [0.1, 0.15) is 35.8 Å². The van der Waals surface area contributed by atoms with Gasteiger partial charge in [-0.05, 0) is 60.9 Å². The Kier molecular flexibility index (Phi) is 6.30. The minimum absolute atomic E-state index is 0.0616. The Hall–Kier alpha value is -2.06. The van der Waals surface area contributed by atoms with Crippen molar-refractivity contribution in [3.8, 4) is 5.75 Å². The Bertz CT molecular complexity index is 901. The fourth-order valence-corrected chi connectivity index (χ4v) is 4.34. The van der Waals surface area contributed by atoms with Gasteiger partial charge in [0, 0.05) is 30.6 Å². The van der Waals surface area contributed by atoms with Gasteiger partial charge in [0.1, 0.15) is 5.75 Å². The topological polar surface area (TPSA) is 86.8 Å². The average Bonchev–Trinajstić information content (AvgIpc) is 2.93. The van der Waals surface area contributed by atoms with Gasteiger partial charge in [-0.1, -0.05) is 0 Å². The summed E-state index contributed by atoms with van der Waals surface area (Å²) in [5.41, 5.74) is 7.83. The number of nitrogens with two attached hydrogens (primary N) is 1. The van der Waals surface area contributed by atoms with Crippen LogP contribution >= 0.6 is 15.9 Å². The van der Waals surface area contributed by atoms with E-state index in [1.807, 2.05) is 23.7 Å². The van der Waals surface area contributed by atoms with Gasteiger partial charge in [-0.3, -0.25) is 9.69 Å². The van der Waals surface area contributed by atoms with Crippen molar-refractivity contribution < 1.29 is 19.1 Å². The van der Waals surface area contributed by atoms with Crippen LogP contribution in [0.3, 0.4) is 0 Å². The number of halogens is 1. The third-order valence-corrected chi connectivity index (χ3v) is 6.06. The van der Waals surface area contributed by atoms with E-state index in [2.05, 4.69) is 20.8 Å². The van der Waals surface area contributed by atoms with Gasteiger partial charge in [0.2, 0.25) is 5.91 Å². The number of benzene rings is 1. The molecule has 1 aliphatic heterocycles. The Morgan fingerprint density at radius 3 is 2.54 bits per heavy atom. The minimum atomic E-state index is -0.334. The first-order chi connectivity index (χ1) is 13.4. The van der Waals surface area contributed by atoms with Crippen LogP contribution in [-0.2, 0) is 23.1 Å². The minimum Gasteiger partial charge on any atom is -0.496 e. The molecule has 152 valence electrons. The number of piperidine rings is 1. The first-order valence-corrected chi connectivity index (χ1v) is 10.2. The Morgan fingerprint density at radius 2 is 1.96 bits per heavy atom. The maximum atomic E-state index is 12.8. The van der Waals surface area contributed by atoms with Crippen LogP contribution in [0.4, 0.5) is 0 Å². The zero-order valence-corrected chi connectivity index (χ0v) is 18.0. The first-order valence-electron chi connectivity index (χ1n) is 9.40. The molecule has 7 nitrogen and oxygen atoms in total. The first kappa shape index (κ1) is 20.7. The molecule has 1 amide bonds. The second-order valence-electron chi connectivity index (χ2n) is 7.06. The van der Waals surface area contributed by atoms with E-state index >= 15 is 0 Å². The second-order valence-corrected chi connectivity index (χ2v) is 7.91. The van der Waals surface area contributed by atoms with Crippen LogP contribution in [-0.4, -0.2) is 48.1 Å². The molecule has 0 unspecified atom stereocenters. The molecule has 3 rings (SSSR count). The Labute approximate surface area is 172 Å². The van der Waals surface area contributed by atoms with E-state index in [1.165, 1.54) is 0 Å². The number of rotatable bonds is 6. The van der Waals surface area contributed by atoms with Crippen LogP contribution in [0.25, 0.3) is 10.9 Å². The van der Waals surface area contributed by atoms with Gasteiger partial charge in [-0.25, -0.2) is 4.79 Å². The van der Waals surface area contributed by atoms with Gasteiger partial charge in [0.05, 0.1) is 29.3 Å². The predicted octanol–water partition coefficient (Wildman–Crippen LogP) is 2.82. The number of hydrogen-bond acceptors (Lipinski definition) is 5. The van der Waals surface area contributed by atoms with Crippen molar-refractivity contribution in [2.75, 3.05) is 26.8 Å². The van der Waals surface area contributed by atoms with Crippen LogP contribution in [0, 0.1) is 5.92 Å². The van der Waals surface area contributed by atoms with Gasteiger partial charge in [-0.15, -0.1) is 0 Å². The van der Waals surface area contributed by atoms with Crippen molar-refractivity contribution >= 4 is 38.7 Å². The lowest BCUT2D eigenvalue weighted by atomic mass is 9.96. The number of esters is 1. The third kappa shape index (κ3) is 3.89. The summed E-state index contributed by atoms with van der Waals surface area (Å²) in [6, 6.07) is 3.83. The van der Waals surface area contributed by atoms with E-state index < -0.39 is 0 Å². The highest BCUT2D eigenvalue weighted by molar-refractivity contribution is 9.10. The number of hydrogen-bond donors (Lipinski definition) is 1.